The number of thioether (sulfide) groups is 1. The SMILES string of the molecule is CCCc1cc(-c2nnc(SCC(=O)Nc3ccccc3F)n2CC)cs1. The summed E-state index contributed by atoms with van der Waals surface area (Å²) in [5.41, 5.74) is 1.24. The smallest absolute Gasteiger partial charge is 0.234 e. The van der Waals surface area contributed by atoms with Crippen molar-refractivity contribution in [1.82, 2.24) is 14.8 Å². The molecule has 3 rings (SSSR count). The van der Waals surface area contributed by atoms with Crippen LogP contribution in [0.5, 0.6) is 0 Å². The summed E-state index contributed by atoms with van der Waals surface area (Å²) in [4.78, 5) is 13.5. The molecule has 1 N–H and O–H groups in total. The molecular weight excluding hydrogens is 383 g/mol. The van der Waals surface area contributed by atoms with E-state index in [1.807, 2.05) is 11.5 Å². The van der Waals surface area contributed by atoms with E-state index in [0.717, 1.165) is 24.2 Å². The summed E-state index contributed by atoms with van der Waals surface area (Å²) in [5.74, 6) is 0.221. The molecule has 0 saturated heterocycles. The third-order valence-electron chi connectivity index (χ3n) is 3.92. The second-order valence-electron chi connectivity index (χ2n) is 5.92. The summed E-state index contributed by atoms with van der Waals surface area (Å²) in [6.07, 6.45) is 2.17. The number of aromatic nitrogens is 3. The topological polar surface area (TPSA) is 59.8 Å². The van der Waals surface area contributed by atoms with Crippen molar-refractivity contribution >= 4 is 34.7 Å². The van der Waals surface area contributed by atoms with Gasteiger partial charge >= 0.3 is 0 Å². The Hall–Kier alpha value is -2.19. The van der Waals surface area contributed by atoms with Crippen molar-refractivity contribution in [1.29, 1.82) is 0 Å². The number of carbonyl (C=O) groups is 1. The number of amides is 1. The first-order valence-corrected chi connectivity index (χ1v) is 10.7. The van der Waals surface area contributed by atoms with Crippen molar-refractivity contribution in [2.24, 2.45) is 0 Å². The van der Waals surface area contributed by atoms with Crippen LogP contribution in [0.25, 0.3) is 11.4 Å². The number of halogens is 1. The highest BCUT2D eigenvalue weighted by Gasteiger charge is 2.16. The standard InChI is InChI=1S/C19H21FN4OS2/c1-3-7-14-10-13(11-26-14)18-22-23-19(24(18)4-2)27-12-17(25)21-16-9-6-5-8-15(16)20/h5-6,8-11H,3-4,7,12H2,1-2H3,(H,21,25). The van der Waals surface area contributed by atoms with Crippen LogP contribution < -0.4 is 5.32 Å². The van der Waals surface area contributed by atoms with Crippen molar-refractivity contribution in [3.8, 4) is 11.4 Å². The number of thiophene rings is 1. The van der Waals surface area contributed by atoms with Crippen LogP contribution in [0.4, 0.5) is 10.1 Å². The summed E-state index contributed by atoms with van der Waals surface area (Å²) >= 11 is 3.03. The molecule has 2 heterocycles. The Morgan fingerprint density at radius 2 is 2.11 bits per heavy atom. The minimum absolute atomic E-state index is 0.136. The highest BCUT2D eigenvalue weighted by Crippen LogP contribution is 2.28. The summed E-state index contributed by atoms with van der Waals surface area (Å²) in [6, 6.07) is 8.27. The number of rotatable bonds is 8. The number of nitrogens with one attached hydrogen (secondary N) is 1. The fourth-order valence-corrected chi connectivity index (χ4v) is 4.42. The average Bonchev–Trinajstić information content (AvgIpc) is 3.28. The molecule has 1 amide bonds. The molecular formula is C19H21FN4OS2. The second kappa shape index (κ2) is 9.14. The highest BCUT2D eigenvalue weighted by molar-refractivity contribution is 7.99. The summed E-state index contributed by atoms with van der Waals surface area (Å²) in [5, 5.41) is 13.9. The van der Waals surface area contributed by atoms with Gasteiger partial charge in [-0.15, -0.1) is 21.5 Å². The number of anilines is 1. The van der Waals surface area contributed by atoms with Crippen molar-refractivity contribution in [2.75, 3.05) is 11.1 Å². The Kier molecular flexibility index (Phi) is 6.63. The lowest BCUT2D eigenvalue weighted by Gasteiger charge is -2.07. The van der Waals surface area contributed by atoms with Crippen LogP contribution in [0, 0.1) is 5.82 Å². The Labute approximate surface area is 166 Å². The number of para-hydroxylation sites is 1. The molecule has 8 heteroatoms. The molecule has 142 valence electrons. The quantitative estimate of drug-likeness (QED) is 0.545. The van der Waals surface area contributed by atoms with Gasteiger partial charge in [-0.05, 0) is 31.5 Å². The molecule has 2 aromatic heterocycles. The van der Waals surface area contributed by atoms with Gasteiger partial charge in [0.15, 0.2) is 11.0 Å². The van der Waals surface area contributed by atoms with E-state index < -0.39 is 5.82 Å². The zero-order valence-corrected chi connectivity index (χ0v) is 16.9. The molecule has 0 spiro atoms. The zero-order chi connectivity index (χ0) is 19.2. The summed E-state index contributed by atoms with van der Waals surface area (Å²) in [6.45, 7) is 4.89. The Morgan fingerprint density at radius 1 is 1.30 bits per heavy atom. The van der Waals surface area contributed by atoms with E-state index in [0.29, 0.717) is 11.7 Å². The minimum Gasteiger partial charge on any atom is -0.323 e. The zero-order valence-electron chi connectivity index (χ0n) is 15.2. The molecule has 5 nitrogen and oxygen atoms in total. The normalized spacial score (nSPS) is 10.9. The number of aryl methyl sites for hydroxylation is 1. The number of carbonyl (C=O) groups excluding carboxylic acids is 1. The van der Waals surface area contributed by atoms with Crippen LogP contribution in [0.3, 0.4) is 0 Å². The minimum atomic E-state index is -0.449. The van der Waals surface area contributed by atoms with E-state index >= 15 is 0 Å². The van der Waals surface area contributed by atoms with E-state index in [2.05, 4.69) is 33.9 Å². The molecule has 0 saturated carbocycles. The van der Waals surface area contributed by atoms with Gasteiger partial charge < -0.3 is 9.88 Å². The Bertz CT molecular complexity index is 922. The predicted molar refractivity (Wildman–Crippen MR) is 109 cm³/mol. The molecule has 0 aliphatic carbocycles. The van der Waals surface area contributed by atoms with Crippen LogP contribution in [-0.4, -0.2) is 26.4 Å². The van der Waals surface area contributed by atoms with Gasteiger partial charge in [-0.1, -0.05) is 37.2 Å². The molecule has 0 aliphatic heterocycles. The van der Waals surface area contributed by atoms with E-state index in [-0.39, 0.29) is 17.3 Å². The van der Waals surface area contributed by atoms with Crippen molar-refractivity contribution in [2.45, 2.75) is 38.4 Å². The lowest BCUT2D eigenvalue weighted by atomic mass is 10.2. The largest absolute Gasteiger partial charge is 0.323 e. The van der Waals surface area contributed by atoms with Gasteiger partial charge in [0.25, 0.3) is 0 Å². The molecule has 1 aromatic carbocycles. The Morgan fingerprint density at radius 3 is 2.85 bits per heavy atom. The van der Waals surface area contributed by atoms with Crippen LogP contribution in [0.1, 0.15) is 25.1 Å². The first-order chi connectivity index (χ1) is 13.1. The van der Waals surface area contributed by atoms with E-state index in [4.69, 9.17) is 0 Å². The van der Waals surface area contributed by atoms with Gasteiger partial charge in [0.05, 0.1) is 11.4 Å². The lowest BCUT2D eigenvalue weighted by molar-refractivity contribution is -0.113. The van der Waals surface area contributed by atoms with Crippen molar-refractivity contribution in [3.63, 3.8) is 0 Å². The molecule has 0 atom stereocenters. The molecule has 0 unspecified atom stereocenters. The van der Waals surface area contributed by atoms with Gasteiger partial charge in [0.1, 0.15) is 5.82 Å². The fourth-order valence-electron chi connectivity index (χ4n) is 2.65. The number of benzene rings is 1. The highest BCUT2D eigenvalue weighted by atomic mass is 32.2. The fraction of sp³-hybridized carbons (Fsp3) is 0.316. The van der Waals surface area contributed by atoms with E-state index in [1.54, 1.807) is 23.5 Å². The van der Waals surface area contributed by atoms with Crippen LogP contribution in [-0.2, 0) is 17.8 Å². The first kappa shape index (κ1) is 19.6. The maximum absolute atomic E-state index is 13.6. The van der Waals surface area contributed by atoms with Gasteiger partial charge in [-0.3, -0.25) is 4.79 Å². The predicted octanol–water partition coefficient (Wildman–Crippen LogP) is 4.85. The summed E-state index contributed by atoms with van der Waals surface area (Å²) < 4.78 is 15.6. The monoisotopic (exact) mass is 404 g/mol. The van der Waals surface area contributed by atoms with Gasteiger partial charge in [-0.25, -0.2) is 4.39 Å². The average molecular weight is 405 g/mol. The molecule has 0 fully saturated rings. The molecule has 0 bridgehead atoms. The number of nitrogens with zero attached hydrogens (tertiary/aromatic N) is 3. The molecule has 27 heavy (non-hydrogen) atoms. The van der Waals surface area contributed by atoms with Crippen LogP contribution in [0.15, 0.2) is 40.9 Å². The summed E-state index contributed by atoms with van der Waals surface area (Å²) in [7, 11) is 0. The maximum Gasteiger partial charge on any atom is 0.234 e. The van der Waals surface area contributed by atoms with Crippen LogP contribution in [0.2, 0.25) is 0 Å². The lowest BCUT2D eigenvalue weighted by Crippen LogP contribution is -2.15. The Balaban J connectivity index is 1.67. The van der Waals surface area contributed by atoms with E-state index in [9.17, 15) is 9.18 Å². The molecule has 0 aliphatic rings. The van der Waals surface area contributed by atoms with Crippen molar-refractivity contribution in [3.05, 3.63) is 46.4 Å². The third kappa shape index (κ3) is 4.75. The molecule has 3 aromatic rings. The van der Waals surface area contributed by atoms with Gasteiger partial charge in [0.2, 0.25) is 5.91 Å². The molecule has 0 radical (unpaired) electrons. The van der Waals surface area contributed by atoms with E-state index in [1.165, 1.54) is 28.8 Å². The number of hydrogen-bond acceptors (Lipinski definition) is 5. The van der Waals surface area contributed by atoms with Gasteiger partial charge in [0, 0.05) is 22.4 Å². The second-order valence-corrected chi connectivity index (χ2v) is 7.86. The third-order valence-corrected chi connectivity index (χ3v) is 5.89. The maximum atomic E-state index is 13.6. The van der Waals surface area contributed by atoms with Gasteiger partial charge in [-0.2, -0.15) is 0 Å². The van der Waals surface area contributed by atoms with Crippen LogP contribution >= 0.6 is 23.1 Å². The van der Waals surface area contributed by atoms with Crippen molar-refractivity contribution < 1.29 is 9.18 Å². The first-order valence-electron chi connectivity index (χ1n) is 8.80. The number of hydrogen-bond donors (Lipinski definition) is 1.